The zero-order valence-corrected chi connectivity index (χ0v) is 15.4. The van der Waals surface area contributed by atoms with Gasteiger partial charge in [0.05, 0.1) is 5.92 Å². The van der Waals surface area contributed by atoms with Crippen molar-refractivity contribution in [3.8, 4) is 0 Å². The van der Waals surface area contributed by atoms with Crippen molar-refractivity contribution in [1.29, 1.82) is 0 Å². The van der Waals surface area contributed by atoms with Crippen LogP contribution in [0.1, 0.15) is 23.1 Å². The van der Waals surface area contributed by atoms with Gasteiger partial charge in [-0.3, -0.25) is 14.6 Å². The molecule has 2 heterocycles. The Bertz CT molecular complexity index is 776. The van der Waals surface area contributed by atoms with Gasteiger partial charge >= 0.3 is 0 Å². The molecule has 1 aromatic carbocycles. The number of hydrogen-bond donors (Lipinski definition) is 0. The molecule has 2 aromatic rings. The summed E-state index contributed by atoms with van der Waals surface area (Å²) in [5.41, 5.74) is 3.47. The van der Waals surface area contributed by atoms with E-state index >= 15 is 0 Å². The van der Waals surface area contributed by atoms with E-state index in [1.165, 1.54) is 5.56 Å². The van der Waals surface area contributed by atoms with Crippen LogP contribution in [0.15, 0.2) is 48.8 Å². The fourth-order valence-corrected chi connectivity index (χ4v) is 3.35. The quantitative estimate of drug-likeness (QED) is 0.803. The highest BCUT2D eigenvalue weighted by Gasteiger charge is 2.35. The summed E-state index contributed by atoms with van der Waals surface area (Å²) in [6, 6.07) is 12.0. The highest BCUT2D eigenvalue weighted by molar-refractivity contribution is 5.89. The Morgan fingerprint density at radius 1 is 1.23 bits per heavy atom. The van der Waals surface area contributed by atoms with Gasteiger partial charge in [0.2, 0.25) is 11.8 Å². The van der Waals surface area contributed by atoms with Crippen molar-refractivity contribution >= 4 is 11.8 Å². The number of aryl methyl sites for hydroxylation is 1. The molecule has 136 valence electrons. The van der Waals surface area contributed by atoms with Crippen molar-refractivity contribution in [2.24, 2.45) is 5.92 Å². The molecule has 3 rings (SSSR count). The van der Waals surface area contributed by atoms with E-state index in [1.807, 2.05) is 55.3 Å². The van der Waals surface area contributed by atoms with Crippen molar-refractivity contribution in [2.45, 2.75) is 26.3 Å². The SMILES string of the molecule is Cc1ccccc1CN1CC(C(=O)N(C)CCc2ccncc2)CC1=O. The molecule has 26 heavy (non-hydrogen) atoms. The molecule has 1 atom stereocenters. The van der Waals surface area contributed by atoms with Crippen LogP contribution in [0, 0.1) is 12.8 Å². The summed E-state index contributed by atoms with van der Waals surface area (Å²) in [6.07, 6.45) is 4.62. The van der Waals surface area contributed by atoms with Gasteiger partial charge in [0.1, 0.15) is 0 Å². The number of amides is 2. The van der Waals surface area contributed by atoms with Gasteiger partial charge in [-0.05, 0) is 42.2 Å². The lowest BCUT2D eigenvalue weighted by molar-refractivity contribution is -0.134. The Balaban J connectivity index is 1.55. The van der Waals surface area contributed by atoms with Gasteiger partial charge in [-0.25, -0.2) is 0 Å². The van der Waals surface area contributed by atoms with Crippen molar-refractivity contribution in [2.75, 3.05) is 20.1 Å². The first-order chi connectivity index (χ1) is 12.5. The molecule has 1 aromatic heterocycles. The number of carbonyl (C=O) groups excluding carboxylic acids is 2. The molecule has 1 saturated heterocycles. The van der Waals surface area contributed by atoms with Crippen LogP contribution < -0.4 is 0 Å². The molecule has 1 aliphatic rings. The molecule has 2 amide bonds. The second kappa shape index (κ2) is 8.13. The Hall–Kier alpha value is -2.69. The maximum Gasteiger partial charge on any atom is 0.227 e. The molecule has 1 fully saturated rings. The van der Waals surface area contributed by atoms with Crippen molar-refractivity contribution < 1.29 is 9.59 Å². The maximum absolute atomic E-state index is 12.7. The largest absolute Gasteiger partial charge is 0.345 e. The molecule has 1 unspecified atom stereocenters. The molecular formula is C21H25N3O2. The predicted octanol–water partition coefficient (Wildman–Crippen LogP) is 2.44. The summed E-state index contributed by atoms with van der Waals surface area (Å²) in [7, 11) is 1.82. The minimum absolute atomic E-state index is 0.0553. The zero-order valence-electron chi connectivity index (χ0n) is 15.4. The topological polar surface area (TPSA) is 53.5 Å². The van der Waals surface area contributed by atoms with Gasteiger partial charge in [0, 0.05) is 45.5 Å². The average molecular weight is 351 g/mol. The summed E-state index contributed by atoms with van der Waals surface area (Å²) in [5.74, 6) is -0.122. The monoisotopic (exact) mass is 351 g/mol. The summed E-state index contributed by atoms with van der Waals surface area (Å²) in [4.78, 5) is 32.6. The Morgan fingerprint density at radius 2 is 1.96 bits per heavy atom. The Kier molecular flexibility index (Phi) is 5.66. The smallest absolute Gasteiger partial charge is 0.227 e. The van der Waals surface area contributed by atoms with Crippen LogP contribution in [0.5, 0.6) is 0 Å². The molecule has 0 aliphatic carbocycles. The lowest BCUT2D eigenvalue weighted by atomic mass is 10.1. The lowest BCUT2D eigenvalue weighted by Crippen LogP contribution is -2.35. The number of pyridine rings is 1. The number of benzene rings is 1. The van der Waals surface area contributed by atoms with E-state index in [0.717, 1.165) is 17.5 Å². The minimum atomic E-state index is -0.242. The van der Waals surface area contributed by atoms with Crippen molar-refractivity contribution in [3.63, 3.8) is 0 Å². The van der Waals surface area contributed by atoms with Crippen LogP contribution in [0.2, 0.25) is 0 Å². The van der Waals surface area contributed by atoms with Crippen LogP contribution in [0.25, 0.3) is 0 Å². The molecule has 5 nitrogen and oxygen atoms in total. The van der Waals surface area contributed by atoms with Crippen molar-refractivity contribution in [1.82, 2.24) is 14.8 Å². The molecule has 0 radical (unpaired) electrons. The van der Waals surface area contributed by atoms with E-state index in [2.05, 4.69) is 4.98 Å². The first kappa shape index (κ1) is 18.1. The first-order valence-corrected chi connectivity index (χ1v) is 9.00. The minimum Gasteiger partial charge on any atom is -0.345 e. The first-order valence-electron chi connectivity index (χ1n) is 9.00. The normalized spacial score (nSPS) is 16.8. The molecule has 0 saturated carbocycles. The summed E-state index contributed by atoms with van der Waals surface area (Å²) < 4.78 is 0. The number of rotatable bonds is 6. The summed E-state index contributed by atoms with van der Waals surface area (Å²) >= 11 is 0. The standard InChI is InChI=1S/C21H25N3O2/c1-16-5-3-4-6-18(16)14-24-15-19(13-20(24)25)21(26)23(2)12-9-17-7-10-22-11-8-17/h3-8,10-11,19H,9,12-15H2,1-2H3. The van der Waals surface area contributed by atoms with Gasteiger partial charge in [0.25, 0.3) is 0 Å². The second-order valence-corrected chi connectivity index (χ2v) is 6.97. The average Bonchev–Trinajstić information content (AvgIpc) is 3.02. The van der Waals surface area contributed by atoms with Crippen LogP contribution >= 0.6 is 0 Å². The highest BCUT2D eigenvalue weighted by Crippen LogP contribution is 2.23. The molecule has 5 heteroatoms. The fourth-order valence-electron chi connectivity index (χ4n) is 3.35. The Labute approximate surface area is 154 Å². The number of likely N-dealkylation sites (tertiary alicyclic amines) is 1. The van der Waals surface area contributed by atoms with Crippen LogP contribution in [0.3, 0.4) is 0 Å². The molecule has 0 spiro atoms. The zero-order chi connectivity index (χ0) is 18.5. The number of likely N-dealkylation sites (N-methyl/N-ethyl adjacent to an activating group) is 1. The van der Waals surface area contributed by atoms with Gasteiger partial charge in [-0.1, -0.05) is 24.3 Å². The number of nitrogens with zero attached hydrogens (tertiary/aromatic N) is 3. The predicted molar refractivity (Wildman–Crippen MR) is 100 cm³/mol. The van der Waals surface area contributed by atoms with E-state index in [1.54, 1.807) is 17.3 Å². The third kappa shape index (κ3) is 4.28. The van der Waals surface area contributed by atoms with Crippen LogP contribution in [-0.2, 0) is 22.6 Å². The third-order valence-corrected chi connectivity index (χ3v) is 5.05. The fraction of sp³-hybridized carbons (Fsp3) is 0.381. The van der Waals surface area contributed by atoms with Crippen molar-refractivity contribution in [3.05, 3.63) is 65.5 Å². The molecular weight excluding hydrogens is 326 g/mol. The Morgan fingerprint density at radius 3 is 2.69 bits per heavy atom. The van der Waals surface area contributed by atoms with Crippen LogP contribution in [-0.4, -0.2) is 46.7 Å². The molecule has 0 N–H and O–H groups in total. The number of aromatic nitrogens is 1. The van der Waals surface area contributed by atoms with E-state index in [-0.39, 0.29) is 17.7 Å². The maximum atomic E-state index is 12.7. The summed E-state index contributed by atoms with van der Waals surface area (Å²) in [6.45, 7) is 3.78. The lowest BCUT2D eigenvalue weighted by Gasteiger charge is -2.22. The van der Waals surface area contributed by atoms with Gasteiger partial charge in [0.15, 0.2) is 0 Å². The van der Waals surface area contributed by atoms with Gasteiger partial charge in [-0.2, -0.15) is 0 Å². The van der Waals surface area contributed by atoms with E-state index < -0.39 is 0 Å². The van der Waals surface area contributed by atoms with Crippen LogP contribution in [0.4, 0.5) is 0 Å². The molecule has 1 aliphatic heterocycles. The highest BCUT2D eigenvalue weighted by atomic mass is 16.2. The third-order valence-electron chi connectivity index (χ3n) is 5.05. The molecule has 0 bridgehead atoms. The second-order valence-electron chi connectivity index (χ2n) is 6.97. The van der Waals surface area contributed by atoms with E-state index in [4.69, 9.17) is 0 Å². The summed E-state index contributed by atoms with van der Waals surface area (Å²) in [5, 5.41) is 0. The van der Waals surface area contributed by atoms with E-state index in [9.17, 15) is 9.59 Å². The van der Waals surface area contributed by atoms with E-state index in [0.29, 0.717) is 26.1 Å². The number of hydrogen-bond acceptors (Lipinski definition) is 3. The number of carbonyl (C=O) groups is 2. The van der Waals surface area contributed by atoms with Gasteiger partial charge < -0.3 is 9.80 Å². The van der Waals surface area contributed by atoms with Gasteiger partial charge in [-0.15, -0.1) is 0 Å².